The van der Waals surface area contributed by atoms with Crippen LogP contribution in [0.5, 0.6) is 0 Å². The summed E-state index contributed by atoms with van der Waals surface area (Å²) in [5.41, 5.74) is 3.82. The first-order chi connectivity index (χ1) is 5.60. The molecule has 0 rings (SSSR count). The Labute approximate surface area is 69.8 Å². The van der Waals surface area contributed by atoms with Crippen LogP contribution in [0.3, 0.4) is 0 Å². The molecule has 1 unspecified atom stereocenters. The van der Waals surface area contributed by atoms with Gasteiger partial charge >= 0.3 is 6.03 Å². The molecule has 7 N–H and O–H groups in total. The second-order valence-electron chi connectivity index (χ2n) is 2.29. The number of rotatable bonds is 3. The Hall–Kier alpha value is -1.34. The topological polar surface area (TPSA) is 122 Å². The van der Waals surface area contributed by atoms with E-state index in [1.807, 2.05) is 10.9 Å². The minimum Gasteiger partial charge on any atom is -0.334 e. The van der Waals surface area contributed by atoms with E-state index in [9.17, 15) is 9.59 Å². The predicted octanol–water partition coefficient (Wildman–Crippen LogP) is -2.07. The van der Waals surface area contributed by atoms with E-state index in [0.717, 1.165) is 0 Å². The number of hydrazine groups is 2. The number of carbonyl (C=O) groups is 2. The molecule has 0 saturated carbocycles. The lowest BCUT2D eigenvalue weighted by atomic mass is 10.2. The Bertz CT molecular complexity index is 153. The van der Waals surface area contributed by atoms with E-state index in [0.29, 0.717) is 0 Å². The quantitative estimate of drug-likeness (QED) is 0.192. The fourth-order valence-corrected chi connectivity index (χ4v) is 0.654. The highest BCUT2D eigenvalue weighted by atomic mass is 16.2. The van der Waals surface area contributed by atoms with Gasteiger partial charge in [-0.3, -0.25) is 15.6 Å². The number of nitrogens with one attached hydrogen (secondary N) is 3. The van der Waals surface area contributed by atoms with Gasteiger partial charge in [0.15, 0.2) is 0 Å². The fraction of sp³-hybridized carbons (Fsp3) is 0.600. The van der Waals surface area contributed by atoms with Crippen molar-refractivity contribution in [3.8, 4) is 0 Å². The second-order valence-corrected chi connectivity index (χ2v) is 2.29. The van der Waals surface area contributed by atoms with E-state index in [1.165, 1.54) is 0 Å². The van der Waals surface area contributed by atoms with E-state index in [-0.39, 0.29) is 18.4 Å². The van der Waals surface area contributed by atoms with Gasteiger partial charge in [0, 0.05) is 12.5 Å². The summed E-state index contributed by atoms with van der Waals surface area (Å²) in [7, 11) is 0. The summed E-state index contributed by atoms with van der Waals surface area (Å²) < 4.78 is 0. The Morgan fingerprint density at radius 1 is 1.33 bits per heavy atom. The molecule has 0 aromatic carbocycles. The molecule has 0 fully saturated rings. The molecule has 70 valence electrons. The first-order valence-corrected chi connectivity index (χ1v) is 3.36. The van der Waals surface area contributed by atoms with Crippen LogP contribution >= 0.6 is 0 Å². The van der Waals surface area contributed by atoms with E-state index < -0.39 is 6.03 Å². The molecule has 0 aliphatic rings. The number of amides is 3. The van der Waals surface area contributed by atoms with Crippen molar-refractivity contribution >= 4 is 11.9 Å². The van der Waals surface area contributed by atoms with Gasteiger partial charge < -0.3 is 5.32 Å². The van der Waals surface area contributed by atoms with Crippen LogP contribution in [-0.2, 0) is 4.79 Å². The van der Waals surface area contributed by atoms with E-state index in [1.54, 1.807) is 6.92 Å². The zero-order valence-corrected chi connectivity index (χ0v) is 6.76. The highest BCUT2D eigenvalue weighted by molar-refractivity contribution is 5.78. The Morgan fingerprint density at radius 2 is 1.92 bits per heavy atom. The van der Waals surface area contributed by atoms with Gasteiger partial charge in [0.05, 0.1) is 0 Å². The number of carbonyl (C=O) groups excluding carboxylic acids is 2. The number of hydrogen-bond donors (Lipinski definition) is 5. The second kappa shape index (κ2) is 5.33. The lowest BCUT2D eigenvalue weighted by Gasteiger charge is -2.11. The average Bonchev–Trinajstić information content (AvgIpc) is 2.03. The van der Waals surface area contributed by atoms with Crippen molar-refractivity contribution in [2.45, 2.75) is 19.4 Å². The third-order valence-corrected chi connectivity index (χ3v) is 1.16. The molecule has 0 aliphatic carbocycles. The van der Waals surface area contributed by atoms with Crippen molar-refractivity contribution in [3.63, 3.8) is 0 Å². The highest BCUT2D eigenvalue weighted by Crippen LogP contribution is 1.88. The fourth-order valence-electron chi connectivity index (χ4n) is 0.654. The predicted molar refractivity (Wildman–Crippen MR) is 42.3 cm³/mol. The van der Waals surface area contributed by atoms with Gasteiger partial charge in [0.2, 0.25) is 5.91 Å². The lowest BCUT2D eigenvalue weighted by Crippen LogP contribution is -2.46. The summed E-state index contributed by atoms with van der Waals surface area (Å²) in [6, 6.07) is -0.843. The maximum Gasteiger partial charge on any atom is 0.329 e. The monoisotopic (exact) mass is 175 g/mol. The van der Waals surface area contributed by atoms with Gasteiger partial charge in [-0.1, -0.05) is 0 Å². The molecule has 0 aromatic heterocycles. The first kappa shape index (κ1) is 10.7. The van der Waals surface area contributed by atoms with Crippen LogP contribution < -0.4 is 27.9 Å². The smallest absolute Gasteiger partial charge is 0.329 e. The molecular formula is C5H13N5O2. The molecule has 0 aromatic rings. The molecule has 1 atom stereocenters. The summed E-state index contributed by atoms with van der Waals surface area (Å²) in [5, 5.41) is 2.40. The summed E-state index contributed by atoms with van der Waals surface area (Å²) >= 11 is 0. The molecule has 12 heavy (non-hydrogen) atoms. The van der Waals surface area contributed by atoms with Crippen LogP contribution in [0.4, 0.5) is 4.79 Å². The molecule has 0 heterocycles. The Balaban J connectivity index is 3.66. The minimum atomic E-state index is -0.535. The molecular weight excluding hydrogens is 162 g/mol. The van der Waals surface area contributed by atoms with Crippen LogP contribution in [0.15, 0.2) is 0 Å². The Morgan fingerprint density at radius 3 is 2.33 bits per heavy atom. The van der Waals surface area contributed by atoms with Gasteiger partial charge in [-0.2, -0.15) is 0 Å². The molecule has 0 bridgehead atoms. The molecule has 0 spiro atoms. The van der Waals surface area contributed by atoms with Crippen LogP contribution in [0.1, 0.15) is 13.3 Å². The van der Waals surface area contributed by atoms with E-state index in [2.05, 4.69) is 5.32 Å². The molecule has 7 nitrogen and oxygen atoms in total. The van der Waals surface area contributed by atoms with Gasteiger partial charge in [-0.05, 0) is 6.92 Å². The van der Waals surface area contributed by atoms with Gasteiger partial charge in [0.1, 0.15) is 0 Å². The number of nitrogens with two attached hydrogens (primary N) is 2. The van der Waals surface area contributed by atoms with Crippen LogP contribution in [0.25, 0.3) is 0 Å². The lowest BCUT2D eigenvalue weighted by molar-refractivity contribution is -0.121. The largest absolute Gasteiger partial charge is 0.334 e. The van der Waals surface area contributed by atoms with E-state index in [4.69, 9.17) is 11.7 Å². The third kappa shape index (κ3) is 4.47. The standard InChI is InChI=1S/C5H13N5O2/c1-3(2-4(11)9-6)8-5(12)10-7/h3H,2,6-7H2,1H3,(H,9,11)(H2,8,10,12). The van der Waals surface area contributed by atoms with Crippen molar-refractivity contribution in [1.82, 2.24) is 16.2 Å². The van der Waals surface area contributed by atoms with Crippen molar-refractivity contribution < 1.29 is 9.59 Å². The normalized spacial score (nSPS) is 11.6. The summed E-state index contributed by atoms with van der Waals surface area (Å²) in [6.45, 7) is 1.66. The van der Waals surface area contributed by atoms with Crippen molar-refractivity contribution in [2.75, 3.05) is 0 Å². The van der Waals surface area contributed by atoms with Crippen molar-refractivity contribution in [2.24, 2.45) is 11.7 Å². The average molecular weight is 175 g/mol. The van der Waals surface area contributed by atoms with Crippen LogP contribution in [-0.4, -0.2) is 18.0 Å². The summed E-state index contributed by atoms with van der Waals surface area (Å²) in [5.74, 6) is 9.28. The summed E-state index contributed by atoms with van der Waals surface area (Å²) in [6.07, 6.45) is 0.115. The maximum absolute atomic E-state index is 10.7. The minimum absolute atomic E-state index is 0.115. The Kier molecular flexibility index (Phi) is 4.73. The summed E-state index contributed by atoms with van der Waals surface area (Å²) in [4.78, 5) is 21.2. The van der Waals surface area contributed by atoms with Crippen molar-refractivity contribution in [3.05, 3.63) is 0 Å². The molecule has 0 aliphatic heterocycles. The molecule has 0 radical (unpaired) electrons. The van der Waals surface area contributed by atoms with Crippen LogP contribution in [0, 0.1) is 0 Å². The van der Waals surface area contributed by atoms with Gasteiger partial charge in [0.25, 0.3) is 0 Å². The zero-order chi connectivity index (χ0) is 9.56. The zero-order valence-electron chi connectivity index (χ0n) is 6.76. The molecule has 3 amide bonds. The van der Waals surface area contributed by atoms with Crippen molar-refractivity contribution in [1.29, 1.82) is 0 Å². The van der Waals surface area contributed by atoms with Gasteiger partial charge in [-0.15, -0.1) is 0 Å². The number of urea groups is 1. The SMILES string of the molecule is CC(CC(=O)NN)NC(=O)NN. The number of hydrogen-bond acceptors (Lipinski definition) is 4. The van der Waals surface area contributed by atoms with Crippen LogP contribution in [0.2, 0.25) is 0 Å². The molecule has 7 heteroatoms. The molecule has 0 saturated heterocycles. The third-order valence-electron chi connectivity index (χ3n) is 1.16. The maximum atomic E-state index is 10.7. The highest BCUT2D eigenvalue weighted by Gasteiger charge is 2.09. The van der Waals surface area contributed by atoms with Gasteiger partial charge in [-0.25, -0.2) is 16.5 Å². The van der Waals surface area contributed by atoms with E-state index >= 15 is 0 Å². The first-order valence-electron chi connectivity index (χ1n) is 3.36.